The van der Waals surface area contributed by atoms with Gasteiger partial charge in [-0.05, 0) is 65.9 Å². The molecule has 5 rings (SSSR count). The summed E-state index contributed by atoms with van der Waals surface area (Å²) in [6.45, 7) is 0. The van der Waals surface area contributed by atoms with Crippen molar-refractivity contribution in [1.82, 2.24) is 0 Å². The van der Waals surface area contributed by atoms with Gasteiger partial charge in [-0.15, -0.1) is 8.78 Å². The fourth-order valence-corrected chi connectivity index (χ4v) is 4.09. The largest absolute Gasteiger partial charge is 0.586 e. The molecule has 34 heavy (non-hydrogen) atoms. The number of carbonyl (C=O) groups excluding carboxylic acids is 1. The number of anilines is 1. The monoisotopic (exact) mass is 467 g/mol. The number of methoxy groups -OCH3 is 1. The average Bonchev–Trinajstić information content (AvgIpc) is 3.56. The zero-order valence-corrected chi connectivity index (χ0v) is 17.9. The van der Waals surface area contributed by atoms with Gasteiger partial charge in [-0.3, -0.25) is 4.79 Å². The number of ether oxygens (including phenoxy) is 3. The first-order chi connectivity index (χ1) is 16.2. The smallest absolute Gasteiger partial charge is 0.496 e. The van der Waals surface area contributed by atoms with Gasteiger partial charge in [0, 0.05) is 5.69 Å². The summed E-state index contributed by atoms with van der Waals surface area (Å²) in [6.07, 6.45) is -2.57. The van der Waals surface area contributed by atoms with E-state index in [4.69, 9.17) is 4.74 Å². The van der Waals surface area contributed by atoms with Crippen LogP contribution in [-0.2, 0) is 10.2 Å². The second-order valence-corrected chi connectivity index (χ2v) is 8.17. The topological polar surface area (TPSA) is 94.1 Å². The Balaban J connectivity index is 1.38. The molecule has 1 saturated carbocycles. The van der Waals surface area contributed by atoms with Crippen molar-refractivity contribution in [3.8, 4) is 28.4 Å². The maximum Gasteiger partial charge on any atom is 0.586 e. The van der Waals surface area contributed by atoms with Gasteiger partial charge in [0.25, 0.3) is 0 Å². The van der Waals surface area contributed by atoms with Gasteiger partial charge in [-0.25, -0.2) is 4.79 Å². The van der Waals surface area contributed by atoms with Crippen molar-refractivity contribution in [2.75, 3.05) is 12.4 Å². The van der Waals surface area contributed by atoms with E-state index in [1.807, 2.05) is 6.07 Å². The number of carboxylic acid groups (broad SMARTS) is 1. The van der Waals surface area contributed by atoms with Crippen molar-refractivity contribution < 1.29 is 37.7 Å². The summed E-state index contributed by atoms with van der Waals surface area (Å²) < 4.78 is 40.9. The van der Waals surface area contributed by atoms with E-state index in [1.54, 1.807) is 36.4 Å². The van der Waals surface area contributed by atoms with Crippen LogP contribution < -0.4 is 19.5 Å². The summed E-state index contributed by atoms with van der Waals surface area (Å²) in [5.74, 6) is -1.28. The molecule has 1 heterocycles. The van der Waals surface area contributed by atoms with Crippen molar-refractivity contribution in [2.24, 2.45) is 0 Å². The molecule has 3 aromatic carbocycles. The van der Waals surface area contributed by atoms with Crippen molar-refractivity contribution in [1.29, 1.82) is 0 Å². The van der Waals surface area contributed by atoms with E-state index < -0.39 is 17.7 Å². The SMILES string of the molecule is COc1cc(-c2cccc(NC(=O)C3(c4ccc5c(c4)OC(F)(F)O5)CC3)c2)ccc1C(=O)O. The minimum atomic E-state index is -3.72. The first-order valence-corrected chi connectivity index (χ1v) is 10.4. The molecule has 0 radical (unpaired) electrons. The Morgan fingerprint density at radius 3 is 2.41 bits per heavy atom. The summed E-state index contributed by atoms with van der Waals surface area (Å²) in [7, 11) is 1.40. The number of carboxylic acids is 1. The van der Waals surface area contributed by atoms with Gasteiger partial charge < -0.3 is 24.6 Å². The molecule has 0 aromatic heterocycles. The van der Waals surface area contributed by atoms with Crippen molar-refractivity contribution in [3.63, 3.8) is 0 Å². The lowest BCUT2D eigenvalue weighted by Gasteiger charge is -2.17. The Bertz CT molecular complexity index is 1320. The van der Waals surface area contributed by atoms with Gasteiger partial charge in [0.1, 0.15) is 11.3 Å². The third-order valence-electron chi connectivity index (χ3n) is 6.02. The third kappa shape index (κ3) is 3.79. The summed E-state index contributed by atoms with van der Waals surface area (Å²) >= 11 is 0. The van der Waals surface area contributed by atoms with Crippen molar-refractivity contribution in [3.05, 3.63) is 71.8 Å². The zero-order chi connectivity index (χ0) is 24.1. The zero-order valence-electron chi connectivity index (χ0n) is 17.9. The highest BCUT2D eigenvalue weighted by molar-refractivity contribution is 6.02. The van der Waals surface area contributed by atoms with E-state index in [9.17, 15) is 23.5 Å². The molecule has 1 aliphatic heterocycles. The van der Waals surface area contributed by atoms with Crippen LogP contribution in [0.1, 0.15) is 28.8 Å². The van der Waals surface area contributed by atoms with E-state index in [0.29, 0.717) is 24.1 Å². The molecular weight excluding hydrogens is 448 g/mol. The number of hydrogen-bond donors (Lipinski definition) is 2. The predicted octanol–water partition coefficient (Wildman–Crippen LogP) is 5.05. The van der Waals surface area contributed by atoms with Crippen LogP contribution in [-0.4, -0.2) is 30.4 Å². The van der Waals surface area contributed by atoms with Crippen LogP contribution in [0.4, 0.5) is 14.5 Å². The van der Waals surface area contributed by atoms with Crippen LogP contribution in [0.5, 0.6) is 17.2 Å². The molecule has 1 fully saturated rings. The lowest BCUT2D eigenvalue weighted by molar-refractivity contribution is -0.286. The van der Waals surface area contributed by atoms with Crippen LogP contribution >= 0.6 is 0 Å². The molecule has 0 unspecified atom stereocenters. The molecule has 0 atom stereocenters. The Morgan fingerprint density at radius 1 is 0.971 bits per heavy atom. The number of benzene rings is 3. The highest BCUT2D eigenvalue weighted by Crippen LogP contribution is 2.52. The molecule has 2 N–H and O–H groups in total. The van der Waals surface area contributed by atoms with E-state index >= 15 is 0 Å². The minimum Gasteiger partial charge on any atom is -0.496 e. The number of hydrogen-bond acceptors (Lipinski definition) is 5. The van der Waals surface area contributed by atoms with Crippen LogP contribution in [0, 0.1) is 0 Å². The van der Waals surface area contributed by atoms with Crippen LogP contribution in [0.25, 0.3) is 11.1 Å². The number of amides is 1. The van der Waals surface area contributed by atoms with Crippen molar-refractivity contribution in [2.45, 2.75) is 24.6 Å². The number of fused-ring (bicyclic) bond motifs is 1. The second-order valence-electron chi connectivity index (χ2n) is 8.17. The molecule has 0 spiro atoms. The summed E-state index contributed by atoms with van der Waals surface area (Å²) in [6, 6.07) is 16.3. The number of rotatable bonds is 6. The van der Waals surface area contributed by atoms with E-state index in [1.165, 1.54) is 25.3 Å². The Kier molecular flexibility index (Phi) is 4.93. The predicted molar refractivity (Wildman–Crippen MR) is 118 cm³/mol. The maximum atomic E-state index is 13.4. The quantitative estimate of drug-likeness (QED) is 0.527. The number of alkyl halides is 2. The molecular formula is C25H19F2NO6. The molecule has 9 heteroatoms. The molecule has 0 bridgehead atoms. The number of nitrogens with one attached hydrogen (secondary N) is 1. The first-order valence-electron chi connectivity index (χ1n) is 10.4. The maximum absolute atomic E-state index is 13.4. The minimum absolute atomic E-state index is 0.0490. The van der Waals surface area contributed by atoms with Crippen LogP contribution in [0.2, 0.25) is 0 Å². The lowest BCUT2D eigenvalue weighted by Crippen LogP contribution is -2.28. The highest BCUT2D eigenvalue weighted by atomic mass is 19.3. The number of halogens is 2. The summed E-state index contributed by atoms with van der Waals surface area (Å²) in [4.78, 5) is 24.5. The summed E-state index contributed by atoms with van der Waals surface area (Å²) in [5.41, 5.74) is 1.81. The van der Waals surface area contributed by atoms with E-state index in [2.05, 4.69) is 14.8 Å². The number of aromatic carboxylic acids is 1. The molecule has 0 saturated heterocycles. The van der Waals surface area contributed by atoms with Crippen LogP contribution in [0.15, 0.2) is 60.7 Å². The molecule has 7 nitrogen and oxygen atoms in total. The Hall–Kier alpha value is -4.14. The highest BCUT2D eigenvalue weighted by Gasteiger charge is 2.52. The summed E-state index contributed by atoms with van der Waals surface area (Å²) in [5, 5.41) is 12.2. The fourth-order valence-electron chi connectivity index (χ4n) is 4.09. The average molecular weight is 467 g/mol. The Morgan fingerprint density at radius 2 is 1.71 bits per heavy atom. The van der Waals surface area contributed by atoms with Crippen molar-refractivity contribution >= 4 is 17.6 Å². The van der Waals surface area contributed by atoms with Gasteiger partial charge in [-0.1, -0.05) is 24.3 Å². The van der Waals surface area contributed by atoms with Gasteiger partial charge in [-0.2, -0.15) is 0 Å². The molecule has 1 aliphatic carbocycles. The standard InChI is InChI=1S/C25H19F2NO6/c1-32-20-12-15(5-7-18(20)22(29)30)14-3-2-4-17(11-14)28-23(31)24(9-10-24)16-6-8-19-21(13-16)34-25(26,27)33-19/h2-8,11-13H,9-10H2,1H3,(H,28,31)(H,29,30). The fraction of sp³-hybridized carbons (Fsp3) is 0.200. The van der Waals surface area contributed by atoms with Gasteiger partial charge in [0.2, 0.25) is 5.91 Å². The van der Waals surface area contributed by atoms with Gasteiger partial charge >= 0.3 is 12.3 Å². The molecule has 1 amide bonds. The third-order valence-corrected chi connectivity index (χ3v) is 6.02. The van der Waals surface area contributed by atoms with E-state index in [0.717, 1.165) is 11.1 Å². The second kappa shape index (κ2) is 7.72. The Labute approximate surface area is 192 Å². The first kappa shape index (κ1) is 21.7. The molecule has 3 aromatic rings. The molecule has 2 aliphatic rings. The molecule has 174 valence electrons. The van der Waals surface area contributed by atoms with Crippen LogP contribution in [0.3, 0.4) is 0 Å². The number of carbonyl (C=O) groups is 2. The lowest BCUT2D eigenvalue weighted by atomic mass is 9.94. The van der Waals surface area contributed by atoms with Gasteiger partial charge in [0.15, 0.2) is 11.5 Å². The normalized spacial score (nSPS) is 16.6. The van der Waals surface area contributed by atoms with E-state index in [-0.39, 0.29) is 28.7 Å². The van der Waals surface area contributed by atoms with Gasteiger partial charge in [0.05, 0.1) is 12.5 Å².